The Morgan fingerprint density at radius 1 is 1.30 bits per heavy atom. The first-order chi connectivity index (χ1) is 10.9. The Bertz CT molecular complexity index is 486. The molecule has 0 aromatic rings. The fourth-order valence-electron chi connectivity index (χ4n) is 3.45. The number of carbonyl (C=O) groups is 1. The second-order valence-electron chi connectivity index (χ2n) is 7.21. The minimum atomic E-state index is -2.91. The van der Waals surface area contributed by atoms with Crippen LogP contribution < -0.4 is 5.32 Å². The highest BCUT2D eigenvalue weighted by molar-refractivity contribution is 7.91. The van der Waals surface area contributed by atoms with E-state index in [1.165, 1.54) is 0 Å². The molecular formula is C16H30N2O4S. The predicted molar refractivity (Wildman–Crippen MR) is 90.0 cm³/mol. The maximum atomic E-state index is 12.1. The van der Waals surface area contributed by atoms with Gasteiger partial charge in [-0.2, -0.15) is 0 Å². The number of hydrogen-bond donors (Lipinski definition) is 1. The standard InChI is InChI=1S/C16H30N2O4S/c1-13(2)9-15(18-4-6-22-7-5-18)11-17-16(19)10-14-3-8-23(20,21)12-14/h13-15H,3-12H2,1-2H3,(H,17,19). The molecule has 0 radical (unpaired) electrons. The fraction of sp³-hybridized carbons (Fsp3) is 0.938. The minimum absolute atomic E-state index is 0.00747. The average Bonchev–Trinajstić information content (AvgIpc) is 2.83. The van der Waals surface area contributed by atoms with E-state index >= 15 is 0 Å². The quantitative estimate of drug-likeness (QED) is 0.733. The van der Waals surface area contributed by atoms with Gasteiger partial charge in [0.2, 0.25) is 5.91 Å². The Morgan fingerprint density at radius 2 is 2.00 bits per heavy atom. The molecule has 0 saturated carbocycles. The third kappa shape index (κ3) is 6.39. The van der Waals surface area contributed by atoms with E-state index in [2.05, 4.69) is 24.1 Å². The van der Waals surface area contributed by atoms with Gasteiger partial charge in [0.25, 0.3) is 0 Å². The maximum absolute atomic E-state index is 12.1. The average molecular weight is 346 g/mol. The lowest BCUT2D eigenvalue weighted by Gasteiger charge is -2.35. The van der Waals surface area contributed by atoms with Crippen molar-refractivity contribution in [1.82, 2.24) is 10.2 Å². The lowest BCUT2D eigenvalue weighted by Crippen LogP contribution is -2.49. The van der Waals surface area contributed by atoms with Crippen LogP contribution in [0, 0.1) is 11.8 Å². The van der Waals surface area contributed by atoms with Crippen molar-refractivity contribution in [3.63, 3.8) is 0 Å². The lowest BCUT2D eigenvalue weighted by molar-refractivity contribution is -0.122. The van der Waals surface area contributed by atoms with E-state index < -0.39 is 9.84 Å². The number of morpholine rings is 1. The van der Waals surface area contributed by atoms with E-state index in [0.29, 0.717) is 31.3 Å². The molecule has 23 heavy (non-hydrogen) atoms. The van der Waals surface area contributed by atoms with E-state index in [9.17, 15) is 13.2 Å². The van der Waals surface area contributed by atoms with Gasteiger partial charge in [0.05, 0.1) is 24.7 Å². The summed E-state index contributed by atoms with van der Waals surface area (Å²) in [7, 11) is -2.91. The third-order valence-electron chi connectivity index (χ3n) is 4.64. The van der Waals surface area contributed by atoms with Crippen molar-refractivity contribution >= 4 is 15.7 Å². The van der Waals surface area contributed by atoms with Gasteiger partial charge in [0.15, 0.2) is 9.84 Å². The van der Waals surface area contributed by atoms with Gasteiger partial charge >= 0.3 is 0 Å². The van der Waals surface area contributed by atoms with Crippen LogP contribution in [0.2, 0.25) is 0 Å². The normalized spacial score (nSPS) is 26.3. The Balaban J connectivity index is 1.79. The lowest BCUT2D eigenvalue weighted by atomic mass is 10.0. The number of hydrogen-bond acceptors (Lipinski definition) is 5. The van der Waals surface area contributed by atoms with Crippen molar-refractivity contribution < 1.29 is 17.9 Å². The second kappa shape index (κ2) is 8.44. The summed E-state index contributed by atoms with van der Waals surface area (Å²) in [6.45, 7) is 8.35. The van der Waals surface area contributed by atoms with Crippen LogP contribution >= 0.6 is 0 Å². The zero-order valence-electron chi connectivity index (χ0n) is 14.3. The molecule has 6 nitrogen and oxygen atoms in total. The maximum Gasteiger partial charge on any atom is 0.220 e. The number of nitrogens with zero attached hydrogens (tertiary/aromatic N) is 1. The van der Waals surface area contributed by atoms with Crippen molar-refractivity contribution in [2.24, 2.45) is 11.8 Å². The molecule has 2 atom stereocenters. The molecule has 2 rings (SSSR count). The van der Waals surface area contributed by atoms with Gasteiger partial charge in [0, 0.05) is 32.1 Å². The molecule has 0 spiro atoms. The number of sulfone groups is 1. The molecule has 7 heteroatoms. The number of nitrogens with one attached hydrogen (secondary N) is 1. The number of ether oxygens (including phenoxy) is 1. The highest BCUT2D eigenvalue weighted by atomic mass is 32.2. The first kappa shape index (κ1) is 18.7. The van der Waals surface area contributed by atoms with Crippen molar-refractivity contribution in [1.29, 1.82) is 0 Å². The SMILES string of the molecule is CC(C)CC(CNC(=O)CC1CCS(=O)(=O)C1)N1CCOCC1. The van der Waals surface area contributed by atoms with Gasteiger partial charge < -0.3 is 10.1 Å². The Morgan fingerprint density at radius 3 is 2.57 bits per heavy atom. The Hall–Kier alpha value is -0.660. The van der Waals surface area contributed by atoms with Gasteiger partial charge in [-0.05, 0) is 24.7 Å². The number of carbonyl (C=O) groups excluding carboxylic acids is 1. The van der Waals surface area contributed by atoms with Crippen molar-refractivity contribution in [2.75, 3.05) is 44.4 Å². The summed E-state index contributed by atoms with van der Waals surface area (Å²) in [6.07, 6.45) is 1.99. The van der Waals surface area contributed by atoms with Crippen LogP contribution in [0.4, 0.5) is 0 Å². The smallest absolute Gasteiger partial charge is 0.220 e. The summed E-state index contributed by atoms with van der Waals surface area (Å²) in [5.74, 6) is 0.939. The van der Waals surface area contributed by atoms with E-state index in [0.717, 1.165) is 32.7 Å². The van der Waals surface area contributed by atoms with Gasteiger partial charge in [-0.25, -0.2) is 8.42 Å². The van der Waals surface area contributed by atoms with Crippen LogP contribution in [0.25, 0.3) is 0 Å². The molecule has 2 unspecified atom stereocenters. The molecule has 2 aliphatic rings. The second-order valence-corrected chi connectivity index (χ2v) is 9.44. The van der Waals surface area contributed by atoms with Crippen molar-refractivity contribution in [2.45, 2.75) is 39.2 Å². The molecule has 134 valence electrons. The van der Waals surface area contributed by atoms with E-state index in [-0.39, 0.29) is 23.3 Å². The molecule has 0 aliphatic carbocycles. The summed E-state index contributed by atoms with van der Waals surface area (Å²) in [6, 6.07) is 0.329. The zero-order valence-corrected chi connectivity index (χ0v) is 15.1. The first-order valence-corrected chi connectivity index (χ1v) is 10.5. The monoisotopic (exact) mass is 346 g/mol. The number of amides is 1. The van der Waals surface area contributed by atoms with Crippen LogP contribution in [0.3, 0.4) is 0 Å². The van der Waals surface area contributed by atoms with Crippen LogP contribution in [0.15, 0.2) is 0 Å². The predicted octanol–water partition coefficient (Wildman–Crippen LogP) is 0.674. The van der Waals surface area contributed by atoms with Crippen molar-refractivity contribution in [3.05, 3.63) is 0 Å². The summed E-state index contributed by atoms with van der Waals surface area (Å²) < 4.78 is 28.3. The largest absolute Gasteiger partial charge is 0.379 e. The highest BCUT2D eigenvalue weighted by Gasteiger charge is 2.30. The summed E-state index contributed by atoms with van der Waals surface area (Å²) in [4.78, 5) is 14.5. The first-order valence-electron chi connectivity index (χ1n) is 8.64. The molecular weight excluding hydrogens is 316 g/mol. The molecule has 1 amide bonds. The Kier molecular flexibility index (Phi) is 6.85. The third-order valence-corrected chi connectivity index (χ3v) is 6.48. The van der Waals surface area contributed by atoms with E-state index in [4.69, 9.17) is 4.74 Å². The Labute approximate surface area is 139 Å². The molecule has 2 fully saturated rings. The van der Waals surface area contributed by atoms with Gasteiger partial charge in [0.1, 0.15) is 0 Å². The zero-order chi connectivity index (χ0) is 16.9. The van der Waals surface area contributed by atoms with Crippen LogP contribution in [0.1, 0.15) is 33.1 Å². The van der Waals surface area contributed by atoms with E-state index in [1.807, 2.05) is 0 Å². The summed E-state index contributed by atoms with van der Waals surface area (Å²) >= 11 is 0. The summed E-state index contributed by atoms with van der Waals surface area (Å²) in [5, 5.41) is 3.02. The van der Waals surface area contributed by atoms with E-state index in [1.54, 1.807) is 0 Å². The topological polar surface area (TPSA) is 75.7 Å². The van der Waals surface area contributed by atoms with Gasteiger partial charge in [-0.15, -0.1) is 0 Å². The molecule has 2 aliphatic heterocycles. The van der Waals surface area contributed by atoms with Gasteiger partial charge in [-0.1, -0.05) is 13.8 Å². The molecule has 0 bridgehead atoms. The van der Waals surface area contributed by atoms with Crippen molar-refractivity contribution in [3.8, 4) is 0 Å². The highest BCUT2D eigenvalue weighted by Crippen LogP contribution is 2.21. The minimum Gasteiger partial charge on any atom is -0.379 e. The summed E-state index contributed by atoms with van der Waals surface area (Å²) in [5.41, 5.74) is 0. The van der Waals surface area contributed by atoms with Crippen LogP contribution in [-0.4, -0.2) is 69.6 Å². The fourth-order valence-corrected chi connectivity index (χ4v) is 5.31. The van der Waals surface area contributed by atoms with Crippen LogP contribution in [-0.2, 0) is 19.4 Å². The molecule has 0 aromatic heterocycles. The van der Waals surface area contributed by atoms with Crippen LogP contribution in [0.5, 0.6) is 0 Å². The number of rotatable bonds is 7. The molecule has 2 saturated heterocycles. The molecule has 2 heterocycles. The molecule has 1 N–H and O–H groups in total. The molecule has 0 aromatic carbocycles. The van der Waals surface area contributed by atoms with Gasteiger partial charge in [-0.3, -0.25) is 9.69 Å².